The van der Waals surface area contributed by atoms with Gasteiger partial charge in [0.1, 0.15) is 16.9 Å². The predicted molar refractivity (Wildman–Crippen MR) is 200 cm³/mol. The fraction of sp³-hybridized carbons (Fsp3) is 0.500. The zero-order valence-electron chi connectivity index (χ0n) is 30.5. The quantitative estimate of drug-likeness (QED) is 0.189. The van der Waals surface area contributed by atoms with Crippen molar-refractivity contribution >= 4 is 32.0 Å². The van der Waals surface area contributed by atoms with Gasteiger partial charge in [-0.3, -0.25) is 0 Å². The second-order valence-electron chi connectivity index (χ2n) is 15.6. The molecule has 1 amide bonds. The highest BCUT2D eigenvalue weighted by Gasteiger charge is 2.40. The maximum atomic E-state index is 14.0. The van der Waals surface area contributed by atoms with Gasteiger partial charge in [0, 0.05) is 17.1 Å². The zero-order valence-corrected chi connectivity index (χ0v) is 32.2. The molecule has 3 aromatic rings. The van der Waals surface area contributed by atoms with Crippen LogP contribution in [0.15, 0.2) is 66.7 Å². The number of carboxylic acids is 1. The van der Waals surface area contributed by atoms with Crippen molar-refractivity contribution in [2.45, 2.75) is 116 Å². The molecule has 266 valence electrons. The third kappa shape index (κ3) is 10.6. The highest BCUT2D eigenvalue weighted by Crippen LogP contribution is 2.41. The zero-order chi connectivity index (χ0) is 36.0. The number of ether oxygens (including phenoxy) is 2. The van der Waals surface area contributed by atoms with E-state index in [1.807, 2.05) is 81.4 Å². The third-order valence-electron chi connectivity index (χ3n) is 9.55. The molecule has 1 aliphatic carbocycles. The predicted octanol–water partition coefficient (Wildman–Crippen LogP) is 11.0. The fourth-order valence-electron chi connectivity index (χ4n) is 5.90. The Hall–Kier alpha value is -3.33. The molecule has 49 heavy (non-hydrogen) atoms. The topological polar surface area (TPSA) is 85.3 Å². The molecule has 0 aromatic heterocycles. The number of benzene rings is 3. The van der Waals surface area contributed by atoms with Gasteiger partial charge in [0.2, 0.25) is 0 Å². The second kappa shape index (κ2) is 16.1. The Bertz CT molecular complexity index is 1570. The van der Waals surface area contributed by atoms with Crippen molar-refractivity contribution in [3.05, 3.63) is 88.4 Å². The number of carboxylic acid groups (broad SMARTS) is 1. The molecular weight excluding hydrogens is 654 g/mol. The Morgan fingerprint density at radius 3 is 2.20 bits per heavy atom. The minimum Gasteiger partial charge on any atom is -0.489 e. The summed E-state index contributed by atoms with van der Waals surface area (Å²) in [5, 5.41) is 10.8. The highest BCUT2D eigenvalue weighted by molar-refractivity contribution is 6.74. The number of amides is 1. The van der Waals surface area contributed by atoms with Crippen LogP contribution in [0.3, 0.4) is 0 Å². The van der Waals surface area contributed by atoms with Crippen LogP contribution in [0.4, 0.5) is 4.79 Å². The van der Waals surface area contributed by atoms with E-state index in [2.05, 4.69) is 33.9 Å². The van der Waals surface area contributed by atoms with Crippen LogP contribution in [0.5, 0.6) is 5.75 Å². The average molecular weight is 708 g/mol. The molecule has 3 aromatic carbocycles. The van der Waals surface area contributed by atoms with Gasteiger partial charge in [-0.15, -0.1) is 0 Å². The smallest absolute Gasteiger partial charge is 0.410 e. The highest BCUT2D eigenvalue weighted by atomic mass is 35.5. The molecule has 1 N–H and O–H groups in total. The summed E-state index contributed by atoms with van der Waals surface area (Å²) in [6.45, 7) is 17.0. The number of carbonyl (C=O) groups is 2. The summed E-state index contributed by atoms with van der Waals surface area (Å²) < 4.78 is 19.6. The van der Waals surface area contributed by atoms with Crippen LogP contribution in [-0.4, -0.2) is 55.2 Å². The van der Waals surface area contributed by atoms with Crippen LogP contribution in [0.25, 0.3) is 11.1 Å². The summed E-state index contributed by atoms with van der Waals surface area (Å²) in [6, 6.07) is 21.0. The lowest BCUT2D eigenvalue weighted by Gasteiger charge is -2.41. The summed E-state index contributed by atoms with van der Waals surface area (Å²) in [7, 11) is -2.32. The molecule has 9 heteroatoms. The molecule has 0 spiro atoms. The van der Waals surface area contributed by atoms with Crippen LogP contribution in [-0.2, 0) is 15.6 Å². The first-order valence-electron chi connectivity index (χ1n) is 17.5. The normalized spacial score (nSPS) is 15.0. The Balaban J connectivity index is 1.80. The van der Waals surface area contributed by atoms with E-state index in [-0.39, 0.29) is 29.8 Å². The molecule has 4 rings (SSSR count). The molecule has 1 aliphatic rings. The first-order chi connectivity index (χ1) is 22.9. The molecule has 1 fully saturated rings. The standard InChI is InChI=1S/C40H54ClNO6Si/c1-39(2,3)47-38(45)42(27-35(29-18-15-19-30(41)26-29)48-49(7,8)40(4,5)6)25-24-33-32(28-16-11-9-12-17-28)22-23-34(37(43)44)36(33)46-31-20-13-10-14-21-31/h9,11-12,15-19,22-23,26,31,35H,10,13-14,20-21,24-25,27H2,1-8H3,(H,43,44)/t35-/m0/s1. The lowest BCUT2D eigenvalue weighted by molar-refractivity contribution is 0.0157. The van der Waals surface area contributed by atoms with Gasteiger partial charge in [-0.25, -0.2) is 9.59 Å². The van der Waals surface area contributed by atoms with E-state index in [4.69, 9.17) is 25.5 Å². The monoisotopic (exact) mass is 707 g/mol. The number of nitrogens with zero attached hydrogens (tertiary/aromatic N) is 1. The van der Waals surface area contributed by atoms with E-state index in [1.165, 1.54) is 0 Å². The number of halogens is 1. The fourth-order valence-corrected chi connectivity index (χ4v) is 7.37. The number of aromatic carboxylic acids is 1. The molecular formula is C40H54ClNO6Si. The summed E-state index contributed by atoms with van der Waals surface area (Å²) in [6.07, 6.45) is 4.34. The second-order valence-corrected chi connectivity index (χ2v) is 20.8. The average Bonchev–Trinajstić information content (AvgIpc) is 3.02. The van der Waals surface area contributed by atoms with Gasteiger partial charge < -0.3 is 23.9 Å². The number of rotatable bonds is 12. The van der Waals surface area contributed by atoms with Crippen LogP contribution >= 0.6 is 11.6 Å². The summed E-state index contributed by atoms with van der Waals surface area (Å²) in [5.41, 5.74) is 2.87. The van der Waals surface area contributed by atoms with Gasteiger partial charge in [0.15, 0.2) is 8.32 Å². The number of hydrogen-bond acceptors (Lipinski definition) is 5. The molecule has 7 nitrogen and oxygen atoms in total. The van der Waals surface area contributed by atoms with Gasteiger partial charge in [-0.2, -0.15) is 0 Å². The molecule has 1 saturated carbocycles. The van der Waals surface area contributed by atoms with Crippen LogP contribution in [0.2, 0.25) is 23.2 Å². The van der Waals surface area contributed by atoms with E-state index in [0.29, 0.717) is 17.2 Å². The molecule has 0 radical (unpaired) electrons. The van der Waals surface area contributed by atoms with Gasteiger partial charge in [0.05, 0.1) is 18.8 Å². The molecule has 0 aliphatic heterocycles. The van der Waals surface area contributed by atoms with E-state index in [9.17, 15) is 14.7 Å². The van der Waals surface area contributed by atoms with E-state index < -0.39 is 32.1 Å². The van der Waals surface area contributed by atoms with Gasteiger partial charge in [-0.05, 0) is 106 Å². The molecule has 0 heterocycles. The van der Waals surface area contributed by atoms with Crippen LogP contribution in [0.1, 0.15) is 101 Å². The molecule has 0 bridgehead atoms. The maximum Gasteiger partial charge on any atom is 0.410 e. The van der Waals surface area contributed by atoms with Gasteiger partial charge >= 0.3 is 12.1 Å². The van der Waals surface area contributed by atoms with Gasteiger partial charge in [0.25, 0.3) is 0 Å². The number of carbonyl (C=O) groups excluding carboxylic acids is 1. The summed E-state index contributed by atoms with van der Waals surface area (Å²) in [5.74, 6) is -0.659. The van der Waals surface area contributed by atoms with Crippen molar-refractivity contribution in [1.29, 1.82) is 0 Å². The van der Waals surface area contributed by atoms with Crippen molar-refractivity contribution in [2.75, 3.05) is 13.1 Å². The third-order valence-corrected chi connectivity index (χ3v) is 14.3. The largest absolute Gasteiger partial charge is 0.489 e. The minimum absolute atomic E-state index is 0.0659. The number of hydrogen-bond donors (Lipinski definition) is 1. The van der Waals surface area contributed by atoms with E-state index in [0.717, 1.165) is 54.4 Å². The Kier molecular flexibility index (Phi) is 12.7. The minimum atomic E-state index is -2.32. The molecule has 1 atom stereocenters. The van der Waals surface area contributed by atoms with Gasteiger partial charge in [-0.1, -0.05) is 87.3 Å². The van der Waals surface area contributed by atoms with Crippen molar-refractivity contribution in [3.63, 3.8) is 0 Å². The lowest BCUT2D eigenvalue weighted by Crippen LogP contribution is -2.46. The summed E-state index contributed by atoms with van der Waals surface area (Å²) in [4.78, 5) is 28.3. The lowest BCUT2D eigenvalue weighted by atomic mass is 9.93. The Labute approximate surface area is 299 Å². The maximum absolute atomic E-state index is 14.0. The summed E-state index contributed by atoms with van der Waals surface area (Å²) >= 11 is 6.48. The molecule has 0 unspecified atom stereocenters. The SMILES string of the molecule is CC(C)(C)OC(=O)N(CCc1c(-c2ccccc2)ccc(C(=O)O)c1OC1CCCCC1)C[C@H](O[Si](C)(C)C(C)(C)C)c1cccc(Cl)c1. The Morgan fingerprint density at radius 2 is 1.61 bits per heavy atom. The van der Waals surface area contributed by atoms with E-state index >= 15 is 0 Å². The first-order valence-corrected chi connectivity index (χ1v) is 20.8. The van der Waals surface area contributed by atoms with Crippen LogP contribution in [0, 0.1) is 0 Å². The van der Waals surface area contributed by atoms with E-state index in [1.54, 1.807) is 11.0 Å². The Morgan fingerprint density at radius 1 is 0.939 bits per heavy atom. The van der Waals surface area contributed by atoms with Crippen molar-refractivity contribution in [3.8, 4) is 16.9 Å². The van der Waals surface area contributed by atoms with Crippen molar-refractivity contribution in [2.24, 2.45) is 0 Å². The first kappa shape index (κ1) is 38.5. The molecule has 0 saturated heterocycles. The van der Waals surface area contributed by atoms with Crippen molar-refractivity contribution < 1.29 is 28.6 Å². The van der Waals surface area contributed by atoms with Crippen molar-refractivity contribution in [1.82, 2.24) is 4.90 Å². The van der Waals surface area contributed by atoms with Crippen LogP contribution < -0.4 is 4.74 Å².